The minimum atomic E-state index is 0. The number of rotatable bonds is 1. The third-order valence-corrected chi connectivity index (χ3v) is 1.96. The maximum absolute atomic E-state index is 2.35. The molecule has 0 atom stereocenters. The summed E-state index contributed by atoms with van der Waals surface area (Å²) < 4.78 is 0. The summed E-state index contributed by atoms with van der Waals surface area (Å²) in [4.78, 5) is 0. The van der Waals surface area contributed by atoms with Crippen molar-refractivity contribution in [3.8, 4) is 0 Å². The van der Waals surface area contributed by atoms with Gasteiger partial charge in [-0.2, -0.15) is 0 Å². The van der Waals surface area contributed by atoms with Crippen LogP contribution < -0.4 is 0 Å². The zero-order valence-electron chi connectivity index (χ0n) is 4.62. The van der Waals surface area contributed by atoms with Gasteiger partial charge in [-0.3, -0.25) is 0 Å². The Morgan fingerprint density at radius 3 is 1.86 bits per heavy atom. The second-order valence-corrected chi connectivity index (χ2v) is 2.66. The van der Waals surface area contributed by atoms with Gasteiger partial charge in [0.2, 0.25) is 0 Å². The lowest BCUT2D eigenvalue weighted by Gasteiger charge is -1.96. The van der Waals surface area contributed by atoms with Crippen molar-refractivity contribution in [1.29, 1.82) is 0 Å². The fraction of sp³-hybridized carbons (Fsp3) is 1.00. The van der Waals surface area contributed by atoms with Gasteiger partial charge >= 0.3 is 0 Å². The zero-order valence-corrected chi connectivity index (χ0v) is 4.62. The van der Waals surface area contributed by atoms with E-state index in [9.17, 15) is 0 Å². The molecule has 1 fully saturated rings. The van der Waals surface area contributed by atoms with Gasteiger partial charge in [-0.05, 0) is 29.2 Å². The summed E-state index contributed by atoms with van der Waals surface area (Å²) in [6, 6.07) is 0. The Labute approximate surface area is 50.3 Å². The Hall–Kier alpha value is 0.217. The molecule has 0 unspecified atom stereocenters. The van der Waals surface area contributed by atoms with E-state index in [0.29, 0.717) is 0 Å². The van der Waals surface area contributed by atoms with Crippen LogP contribution in [0.15, 0.2) is 0 Å². The van der Waals surface area contributed by atoms with E-state index in [1.807, 2.05) is 0 Å². The Morgan fingerprint density at radius 2 is 1.86 bits per heavy atom. The molecule has 0 amide bonds. The van der Waals surface area contributed by atoms with Gasteiger partial charge in [0.1, 0.15) is 0 Å². The molecule has 0 spiro atoms. The second kappa shape index (κ2) is 1.99. The first kappa shape index (κ1) is 7.22. The van der Waals surface area contributed by atoms with Crippen molar-refractivity contribution in [2.24, 2.45) is 5.41 Å². The van der Waals surface area contributed by atoms with Gasteiger partial charge in [0, 0.05) is 0 Å². The van der Waals surface area contributed by atoms with E-state index in [1.165, 1.54) is 19.3 Å². The van der Waals surface area contributed by atoms with Crippen molar-refractivity contribution in [3.63, 3.8) is 0 Å². The Morgan fingerprint density at radius 1 is 1.43 bits per heavy atom. The molecule has 0 aromatic heterocycles. The molecule has 0 heterocycles. The molecule has 0 bridgehead atoms. The summed E-state index contributed by atoms with van der Waals surface area (Å²) in [5, 5.41) is 0. The van der Waals surface area contributed by atoms with Gasteiger partial charge in [-0.25, -0.2) is 0 Å². The molecule has 1 rings (SSSR count). The second-order valence-electron chi connectivity index (χ2n) is 2.66. The fourth-order valence-electron chi connectivity index (χ4n) is 0.567. The zero-order chi connectivity index (χ0) is 4.62. The topological polar surface area (TPSA) is 0 Å². The minimum absolute atomic E-state index is 0. The van der Waals surface area contributed by atoms with Gasteiger partial charge in [0.05, 0.1) is 0 Å². The van der Waals surface area contributed by atoms with Gasteiger partial charge in [-0.15, -0.1) is 0 Å². The van der Waals surface area contributed by atoms with Gasteiger partial charge < -0.3 is 0 Å². The highest BCUT2D eigenvalue weighted by molar-refractivity contribution is 5.75. The average Bonchev–Trinajstić information content (AvgIpc) is 2.22. The first-order chi connectivity index (χ1) is 2.77. The van der Waals surface area contributed by atoms with Crippen LogP contribution in [-0.2, 0) is 0 Å². The largest absolute Gasteiger partial charge is 0.0649 e. The van der Waals surface area contributed by atoms with Crippen LogP contribution >= 0.6 is 0 Å². The van der Waals surface area contributed by atoms with E-state index in [2.05, 4.69) is 13.8 Å². The summed E-state index contributed by atoms with van der Waals surface area (Å²) >= 11 is 0. The first-order valence-electron chi connectivity index (χ1n) is 2.77. The van der Waals surface area contributed by atoms with Gasteiger partial charge in [-0.1, -0.05) is 20.3 Å². The molecule has 7 heavy (non-hydrogen) atoms. The summed E-state index contributed by atoms with van der Waals surface area (Å²) in [5.41, 5.74) is 0.792. The van der Waals surface area contributed by atoms with E-state index >= 15 is 0 Å². The standard InChI is InChI=1S/C6H12.H4Si/c1-3-6(2)4-5-6;/h3-5H2,1-2H3;1H4. The highest BCUT2D eigenvalue weighted by atomic mass is 28.1. The minimum Gasteiger partial charge on any atom is -0.0649 e. The molecular weight excluding hydrogens is 100 g/mol. The maximum Gasteiger partial charge on any atom is -0.0149 e. The van der Waals surface area contributed by atoms with Crippen LogP contribution in [0, 0.1) is 5.41 Å². The summed E-state index contributed by atoms with van der Waals surface area (Å²) in [5.74, 6) is 0. The van der Waals surface area contributed by atoms with Crippen molar-refractivity contribution in [3.05, 3.63) is 0 Å². The Kier molecular flexibility index (Phi) is 2.05. The van der Waals surface area contributed by atoms with Gasteiger partial charge in [0.15, 0.2) is 0 Å². The van der Waals surface area contributed by atoms with Crippen LogP contribution in [0.4, 0.5) is 0 Å². The van der Waals surface area contributed by atoms with E-state index in [4.69, 9.17) is 0 Å². The summed E-state index contributed by atoms with van der Waals surface area (Å²) in [7, 11) is 0. The molecule has 0 aromatic rings. The van der Waals surface area contributed by atoms with Crippen molar-refractivity contribution < 1.29 is 0 Å². The van der Waals surface area contributed by atoms with Crippen molar-refractivity contribution in [2.45, 2.75) is 33.1 Å². The summed E-state index contributed by atoms with van der Waals surface area (Å²) in [6.45, 7) is 4.62. The Bertz CT molecular complexity index is 55.2. The predicted molar refractivity (Wildman–Crippen MR) is 39.0 cm³/mol. The van der Waals surface area contributed by atoms with Crippen molar-refractivity contribution >= 4 is 11.0 Å². The normalized spacial score (nSPS) is 23.1. The highest BCUT2D eigenvalue weighted by Crippen LogP contribution is 2.47. The predicted octanol–water partition coefficient (Wildman–Crippen LogP) is 0.745. The lowest BCUT2D eigenvalue weighted by molar-refractivity contribution is 0.551. The molecule has 0 nitrogen and oxygen atoms in total. The lowest BCUT2D eigenvalue weighted by Crippen LogP contribution is -1.84. The molecule has 0 aromatic carbocycles. The van der Waals surface area contributed by atoms with Crippen molar-refractivity contribution in [2.75, 3.05) is 0 Å². The average molecular weight is 116 g/mol. The van der Waals surface area contributed by atoms with Crippen LogP contribution in [0.2, 0.25) is 0 Å². The molecule has 1 heteroatoms. The van der Waals surface area contributed by atoms with E-state index in [0.717, 1.165) is 5.41 Å². The monoisotopic (exact) mass is 116 g/mol. The number of hydrogen-bond donors (Lipinski definition) is 0. The Balaban J connectivity index is 0.000000360. The lowest BCUT2D eigenvalue weighted by atomic mass is 10.1. The summed E-state index contributed by atoms with van der Waals surface area (Å²) in [6.07, 6.45) is 4.33. The molecule has 1 aliphatic carbocycles. The number of hydrogen-bond acceptors (Lipinski definition) is 0. The molecule has 44 valence electrons. The van der Waals surface area contributed by atoms with Crippen LogP contribution in [0.25, 0.3) is 0 Å². The molecule has 1 saturated carbocycles. The maximum atomic E-state index is 2.35. The first-order valence-corrected chi connectivity index (χ1v) is 2.77. The molecule has 0 saturated heterocycles. The SMILES string of the molecule is CCC1(C)CC1.[SiH4]. The molecule has 0 radical (unpaired) electrons. The van der Waals surface area contributed by atoms with Crippen LogP contribution in [-0.4, -0.2) is 11.0 Å². The molecule has 0 aliphatic heterocycles. The van der Waals surface area contributed by atoms with Gasteiger partial charge in [0.25, 0.3) is 0 Å². The van der Waals surface area contributed by atoms with Crippen LogP contribution in [0.5, 0.6) is 0 Å². The quantitative estimate of drug-likeness (QED) is 0.443. The van der Waals surface area contributed by atoms with E-state index < -0.39 is 0 Å². The van der Waals surface area contributed by atoms with Crippen molar-refractivity contribution in [1.82, 2.24) is 0 Å². The molecule has 1 aliphatic rings. The van der Waals surface area contributed by atoms with Crippen LogP contribution in [0.1, 0.15) is 33.1 Å². The van der Waals surface area contributed by atoms with E-state index in [1.54, 1.807) is 0 Å². The van der Waals surface area contributed by atoms with Crippen LogP contribution in [0.3, 0.4) is 0 Å². The third kappa shape index (κ3) is 1.64. The third-order valence-electron chi connectivity index (χ3n) is 1.96. The molecule has 0 N–H and O–H groups in total. The molecular formula is C6H16Si. The fourth-order valence-corrected chi connectivity index (χ4v) is 0.567. The smallest absolute Gasteiger partial charge is 0.0149 e. The van der Waals surface area contributed by atoms with E-state index in [-0.39, 0.29) is 11.0 Å². The highest BCUT2D eigenvalue weighted by Gasteiger charge is 2.34.